The number of thiophene rings is 1. The lowest BCUT2D eigenvalue weighted by atomic mass is 9.96. The first-order valence-corrected chi connectivity index (χ1v) is 11.3. The molecule has 2 bridgehead atoms. The van der Waals surface area contributed by atoms with Crippen molar-refractivity contribution < 1.29 is 0 Å². The molecule has 0 aliphatic carbocycles. The lowest BCUT2D eigenvalue weighted by Gasteiger charge is -2.45. The summed E-state index contributed by atoms with van der Waals surface area (Å²) in [6, 6.07) is 15.5. The van der Waals surface area contributed by atoms with Gasteiger partial charge in [-0.15, -0.1) is 11.3 Å². The van der Waals surface area contributed by atoms with Gasteiger partial charge < -0.3 is 15.1 Å². The second-order valence-electron chi connectivity index (χ2n) is 8.32. The van der Waals surface area contributed by atoms with Gasteiger partial charge in [-0.25, -0.2) is 0 Å². The number of para-hydroxylation sites is 2. The van der Waals surface area contributed by atoms with Gasteiger partial charge in [0.05, 0.1) is 16.4 Å². The van der Waals surface area contributed by atoms with Gasteiger partial charge in [0.25, 0.3) is 0 Å². The molecule has 3 aliphatic heterocycles. The molecule has 3 aliphatic rings. The molecule has 4 nitrogen and oxygen atoms in total. The molecule has 3 fully saturated rings. The first-order chi connectivity index (χ1) is 13.3. The molecule has 0 spiro atoms. The first kappa shape index (κ1) is 17.5. The Hall–Kier alpha value is -1.56. The standard InChI is InChI=1S/C22H30N4S/c1-24-17-8-9-18(24)16-19(15-17)25-10-12-26(13-11-25)21-6-3-2-5-20(21)23-22-7-4-14-27-22/h2-7,14,17-19,23H,8-13,15-16H2,1H3. The molecule has 1 aromatic carbocycles. The summed E-state index contributed by atoms with van der Waals surface area (Å²) in [6.45, 7) is 4.65. The maximum atomic E-state index is 3.61. The van der Waals surface area contributed by atoms with Crippen LogP contribution < -0.4 is 10.2 Å². The van der Waals surface area contributed by atoms with E-state index in [2.05, 4.69) is 68.8 Å². The van der Waals surface area contributed by atoms with E-state index in [1.807, 2.05) is 0 Å². The Bertz CT molecular complexity index is 739. The Morgan fingerprint density at radius 1 is 0.889 bits per heavy atom. The zero-order chi connectivity index (χ0) is 18.2. The molecule has 2 unspecified atom stereocenters. The third-order valence-corrected chi connectivity index (χ3v) is 7.71. The van der Waals surface area contributed by atoms with Gasteiger partial charge in [-0.05, 0) is 62.4 Å². The number of hydrogen-bond donors (Lipinski definition) is 1. The van der Waals surface area contributed by atoms with E-state index in [0.717, 1.165) is 31.2 Å². The molecule has 0 amide bonds. The summed E-state index contributed by atoms with van der Waals surface area (Å²) < 4.78 is 0. The van der Waals surface area contributed by atoms with E-state index in [-0.39, 0.29) is 0 Å². The maximum absolute atomic E-state index is 3.61. The number of hydrogen-bond acceptors (Lipinski definition) is 5. The normalized spacial score (nSPS) is 29.2. The molecule has 5 heteroatoms. The molecular weight excluding hydrogens is 352 g/mol. The van der Waals surface area contributed by atoms with Crippen molar-refractivity contribution >= 4 is 27.7 Å². The number of fused-ring (bicyclic) bond motifs is 2. The number of nitrogens with zero attached hydrogens (tertiary/aromatic N) is 3. The third kappa shape index (κ3) is 3.48. The van der Waals surface area contributed by atoms with E-state index in [1.54, 1.807) is 11.3 Å². The Labute approximate surface area is 166 Å². The molecule has 5 rings (SSSR count). The molecule has 1 N–H and O–H groups in total. The van der Waals surface area contributed by atoms with Gasteiger partial charge >= 0.3 is 0 Å². The third-order valence-electron chi connectivity index (χ3n) is 6.93. The van der Waals surface area contributed by atoms with Crippen LogP contribution in [0.25, 0.3) is 0 Å². The summed E-state index contributed by atoms with van der Waals surface area (Å²) in [5.74, 6) is 0. The van der Waals surface area contributed by atoms with Crippen molar-refractivity contribution in [2.24, 2.45) is 0 Å². The average molecular weight is 383 g/mol. The van der Waals surface area contributed by atoms with Crippen LogP contribution in [0, 0.1) is 0 Å². The monoisotopic (exact) mass is 382 g/mol. The fraction of sp³-hybridized carbons (Fsp3) is 0.545. The average Bonchev–Trinajstić information content (AvgIpc) is 3.26. The number of piperidine rings is 1. The zero-order valence-corrected chi connectivity index (χ0v) is 17.0. The van der Waals surface area contributed by atoms with Crippen LogP contribution in [0.1, 0.15) is 25.7 Å². The summed E-state index contributed by atoms with van der Waals surface area (Å²) in [5, 5.41) is 6.94. The molecule has 144 valence electrons. The molecule has 0 saturated carbocycles. The molecule has 27 heavy (non-hydrogen) atoms. The Morgan fingerprint density at radius 3 is 2.33 bits per heavy atom. The Kier molecular flexibility index (Phi) is 4.84. The smallest absolute Gasteiger partial charge is 0.0927 e. The predicted molar refractivity (Wildman–Crippen MR) is 115 cm³/mol. The fourth-order valence-corrected chi connectivity index (χ4v) is 5.98. The van der Waals surface area contributed by atoms with Gasteiger partial charge in [-0.3, -0.25) is 4.90 Å². The lowest BCUT2D eigenvalue weighted by Crippen LogP contribution is -2.55. The Morgan fingerprint density at radius 2 is 1.63 bits per heavy atom. The van der Waals surface area contributed by atoms with Crippen molar-refractivity contribution in [2.75, 3.05) is 43.4 Å². The van der Waals surface area contributed by atoms with Gasteiger partial charge in [0.15, 0.2) is 0 Å². The summed E-state index contributed by atoms with van der Waals surface area (Å²) in [4.78, 5) is 8.00. The summed E-state index contributed by atoms with van der Waals surface area (Å²) >= 11 is 1.76. The number of piperazine rings is 1. The minimum atomic E-state index is 0.806. The highest BCUT2D eigenvalue weighted by Gasteiger charge is 2.40. The number of benzene rings is 1. The van der Waals surface area contributed by atoms with E-state index in [9.17, 15) is 0 Å². The number of rotatable bonds is 4. The second kappa shape index (κ2) is 7.46. The van der Waals surface area contributed by atoms with E-state index in [0.29, 0.717) is 0 Å². The molecular formula is C22H30N4S. The van der Waals surface area contributed by atoms with Gasteiger partial charge in [-0.2, -0.15) is 0 Å². The van der Waals surface area contributed by atoms with Crippen LogP contribution in [-0.4, -0.2) is 61.2 Å². The molecule has 1 aromatic heterocycles. The van der Waals surface area contributed by atoms with E-state index >= 15 is 0 Å². The molecule has 0 radical (unpaired) electrons. The number of anilines is 3. The van der Waals surface area contributed by atoms with Gasteiger partial charge in [0.1, 0.15) is 0 Å². The Balaban J connectivity index is 1.24. The zero-order valence-electron chi connectivity index (χ0n) is 16.2. The van der Waals surface area contributed by atoms with Gasteiger partial charge in [0.2, 0.25) is 0 Å². The summed E-state index contributed by atoms with van der Waals surface area (Å²) in [7, 11) is 2.34. The first-order valence-electron chi connectivity index (χ1n) is 10.4. The van der Waals surface area contributed by atoms with Crippen LogP contribution >= 0.6 is 11.3 Å². The van der Waals surface area contributed by atoms with Crippen molar-refractivity contribution in [2.45, 2.75) is 43.8 Å². The highest BCUT2D eigenvalue weighted by Crippen LogP contribution is 2.37. The topological polar surface area (TPSA) is 21.8 Å². The number of nitrogens with one attached hydrogen (secondary N) is 1. The summed E-state index contributed by atoms with van der Waals surface area (Å²) in [6.07, 6.45) is 5.59. The summed E-state index contributed by atoms with van der Waals surface area (Å²) in [5.41, 5.74) is 2.57. The SMILES string of the molecule is CN1C2CCC1CC(N1CCN(c3ccccc3Nc3cccs3)CC1)C2. The van der Waals surface area contributed by atoms with Gasteiger partial charge in [0, 0.05) is 44.3 Å². The lowest BCUT2D eigenvalue weighted by molar-refractivity contribution is 0.0719. The van der Waals surface area contributed by atoms with Gasteiger partial charge in [-0.1, -0.05) is 12.1 Å². The van der Waals surface area contributed by atoms with Crippen molar-refractivity contribution in [3.05, 3.63) is 41.8 Å². The van der Waals surface area contributed by atoms with Crippen LogP contribution in [0.5, 0.6) is 0 Å². The van der Waals surface area contributed by atoms with Crippen LogP contribution in [0.15, 0.2) is 41.8 Å². The highest BCUT2D eigenvalue weighted by atomic mass is 32.1. The minimum Gasteiger partial charge on any atom is -0.367 e. The quantitative estimate of drug-likeness (QED) is 0.854. The van der Waals surface area contributed by atoms with Crippen molar-refractivity contribution in [3.8, 4) is 0 Å². The van der Waals surface area contributed by atoms with Crippen LogP contribution in [0.2, 0.25) is 0 Å². The predicted octanol–water partition coefficient (Wildman–Crippen LogP) is 4.24. The van der Waals surface area contributed by atoms with Crippen LogP contribution in [-0.2, 0) is 0 Å². The van der Waals surface area contributed by atoms with E-state index < -0.39 is 0 Å². The van der Waals surface area contributed by atoms with Crippen LogP contribution in [0.3, 0.4) is 0 Å². The fourth-order valence-electron chi connectivity index (χ4n) is 5.35. The molecule has 2 atom stereocenters. The molecule has 2 aromatic rings. The highest BCUT2D eigenvalue weighted by molar-refractivity contribution is 7.14. The largest absolute Gasteiger partial charge is 0.367 e. The maximum Gasteiger partial charge on any atom is 0.0927 e. The van der Waals surface area contributed by atoms with Crippen molar-refractivity contribution in [3.63, 3.8) is 0 Å². The van der Waals surface area contributed by atoms with E-state index in [1.165, 1.54) is 55.1 Å². The van der Waals surface area contributed by atoms with Crippen molar-refractivity contribution in [1.82, 2.24) is 9.80 Å². The van der Waals surface area contributed by atoms with Crippen molar-refractivity contribution in [1.29, 1.82) is 0 Å². The second-order valence-corrected chi connectivity index (χ2v) is 9.27. The molecule has 4 heterocycles. The van der Waals surface area contributed by atoms with E-state index in [4.69, 9.17) is 0 Å². The molecule has 3 saturated heterocycles. The van der Waals surface area contributed by atoms with Crippen LogP contribution in [0.4, 0.5) is 16.4 Å². The minimum absolute atomic E-state index is 0.806.